The number of carbonyl (C=O) groups excluding carboxylic acids is 5. The largest absolute Gasteiger partial charge is 0.480 e. The summed E-state index contributed by atoms with van der Waals surface area (Å²) >= 11 is 0. The van der Waals surface area contributed by atoms with E-state index in [1.54, 1.807) is 65.0 Å². The molecule has 1 saturated carbocycles. The van der Waals surface area contributed by atoms with Crippen molar-refractivity contribution in [3.63, 3.8) is 0 Å². The summed E-state index contributed by atoms with van der Waals surface area (Å²) in [7, 11) is 0. The van der Waals surface area contributed by atoms with Crippen molar-refractivity contribution in [3.8, 4) is 0 Å². The van der Waals surface area contributed by atoms with Crippen molar-refractivity contribution in [1.82, 2.24) is 20.9 Å². The van der Waals surface area contributed by atoms with Crippen LogP contribution >= 0.6 is 0 Å². The summed E-state index contributed by atoms with van der Waals surface area (Å²) in [6.45, 7) is 9.13. The first kappa shape index (κ1) is 34.5. The number of benzene rings is 1. The molecule has 4 N–H and O–H groups in total. The Morgan fingerprint density at radius 2 is 1.64 bits per heavy atom. The van der Waals surface area contributed by atoms with Crippen LogP contribution in [0.5, 0.6) is 0 Å². The zero-order valence-corrected chi connectivity index (χ0v) is 26.2. The molecule has 12 heteroatoms. The predicted octanol–water partition coefficient (Wildman–Crippen LogP) is 2.44. The molecule has 1 heterocycles. The van der Waals surface area contributed by atoms with Crippen LogP contribution in [0.4, 0.5) is 4.79 Å². The Balaban J connectivity index is 1.77. The third-order valence-electron chi connectivity index (χ3n) is 8.31. The number of aliphatic carboxylic acids is 1. The summed E-state index contributed by atoms with van der Waals surface area (Å²) in [6.07, 6.45) is 1.99. The van der Waals surface area contributed by atoms with Gasteiger partial charge in [-0.15, -0.1) is 0 Å². The lowest BCUT2D eigenvalue weighted by Crippen LogP contribution is -2.59. The van der Waals surface area contributed by atoms with E-state index >= 15 is 0 Å². The second kappa shape index (κ2) is 15.7. The number of likely N-dealkylation sites (tertiary alicyclic amines) is 1. The van der Waals surface area contributed by atoms with Gasteiger partial charge in [-0.05, 0) is 56.4 Å². The molecule has 2 aliphatic rings. The lowest BCUT2D eigenvalue weighted by atomic mass is 9.92. The topological polar surface area (TPSA) is 171 Å². The third kappa shape index (κ3) is 8.79. The molecule has 3 rings (SSSR count). The first-order chi connectivity index (χ1) is 20.8. The molecular formula is C32H46N4O8. The van der Waals surface area contributed by atoms with Crippen LogP contribution in [0.2, 0.25) is 0 Å². The fourth-order valence-corrected chi connectivity index (χ4v) is 6.19. The Labute approximate surface area is 258 Å². The minimum atomic E-state index is -1.34. The van der Waals surface area contributed by atoms with Gasteiger partial charge in [-0.3, -0.25) is 19.2 Å². The number of carbonyl (C=O) groups is 6. The van der Waals surface area contributed by atoms with Gasteiger partial charge in [0.1, 0.15) is 18.1 Å². The molecule has 2 fully saturated rings. The number of carboxylic acids is 1. The highest BCUT2D eigenvalue weighted by Gasteiger charge is 2.51. The molecule has 1 aliphatic carbocycles. The second-order valence-electron chi connectivity index (χ2n) is 12.4. The van der Waals surface area contributed by atoms with Crippen molar-refractivity contribution in [1.29, 1.82) is 0 Å². The van der Waals surface area contributed by atoms with Crippen LogP contribution in [0.15, 0.2) is 30.3 Å². The van der Waals surface area contributed by atoms with Gasteiger partial charge >= 0.3 is 12.1 Å². The number of fused-ring (bicyclic) bond motifs is 1. The van der Waals surface area contributed by atoms with Crippen molar-refractivity contribution >= 4 is 35.6 Å². The van der Waals surface area contributed by atoms with E-state index < -0.39 is 59.7 Å². The van der Waals surface area contributed by atoms with Crippen molar-refractivity contribution in [2.75, 3.05) is 6.54 Å². The molecular weight excluding hydrogens is 568 g/mol. The molecule has 0 spiro atoms. The number of nitrogens with zero attached hydrogens (tertiary/aromatic N) is 1. The average Bonchev–Trinajstić information content (AvgIpc) is 3.56. The van der Waals surface area contributed by atoms with E-state index in [1.807, 2.05) is 0 Å². The number of rotatable bonds is 14. The quantitative estimate of drug-likeness (QED) is 0.232. The summed E-state index contributed by atoms with van der Waals surface area (Å²) in [4.78, 5) is 79.7. The molecule has 0 bridgehead atoms. The Kier molecular flexibility index (Phi) is 12.3. The van der Waals surface area contributed by atoms with Gasteiger partial charge in [0.25, 0.3) is 5.91 Å². The first-order valence-electron chi connectivity index (χ1n) is 15.5. The number of ether oxygens (including phenoxy) is 1. The highest BCUT2D eigenvalue weighted by atomic mass is 16.6. The molecule has 12 nitrogen and oxygen atoms in total. The summed E-state index contributed by atoms with van der Waals surface area (Å²) in [6, 6.07) is 4.39. The number of amides is 4. The molecule has 0 aromatic heterocycles. The lowest BCUT2D eigenvalue weighted by Gasteiger charge is -2.32. The van der Waals surface area contributed by atoms with Crippen molar-refractivity contribution in [2.45, 2.75) is 103 Å². The van der Waals surface area contributed by atoms with Gasteiger partial charge in [-0.2, -0.15) is 0 Å². The number of carboxylic acid groups (broad SMARTS) is 1. The summed E-state index contributed by atoms with van der Waals surface area (Å²) < 4.78 is 5.18. The van der Waals surface area contributed by atoms with Crippen LogP contribution in [-0.4, -0.2) is 82.4 Å². The van der Waals surface area contributed by atoms with Gasteiger partial charge in [-0.25, -0.2) is 9.59 Å². The number of hydrogen-bond acceptors (Lipinski definition) is 7. The zero-order chi connectivity index (χ0) is 32.6. The predicted molar refractivity (Wildman–Crippen MR) is 161 cm³/mol. The minimum absolute atomic E-state index is 0.0159. The molecule has 1 aromatic rings. The molecule has 44 heavy (non-hydrogen) atoms. The van der Waals surface area contributed by atoms with Gasteiger partial charge < -0.3 is 30.7 Å². The maximum absolute atomic E-state index is 13.9. The molecule has 1 aliphatic heterocycles. The van der Waals surface area contributed by atoms with Crippen molar-refractivity contribution < 1.29 is 38.6 Å². The molecule has 1 saturated heterocycles. The number of Topliss-reactive ketones (excluding diaryl/α,β-unsaturated/α-hetero) is 1. The van der Waals surface area contributed by atoms with Crippen LogP contribution in [0.25, 0.3) is 0 Å². The van der Waals surface area contributed by atoms with E-state index in [-0.39, 0.29) is 36.7 Å². The van der Waals surface area contributed by atoms with Crippen LogP contribution < -0.4 is 16.0 Å². The SMILES string of the molecule is CCCC(NC(=O)C1[C@H]2CCC[C@H]2CN1C(=O)[C@@H](NC(=O)OC(C)C)C(C)C)C(=O)C(=O)N[C@@H](Cc1ccccc1)C(=O)O. The van der Waals surface area contributed by atoms with Gasteiger partial charge in [0, 0.05) is 13.0 Å². The van der Waals surface area contributed by atoms with E-state index in [0.717, 1.165) is 19.3 Å². The summed E-state index contributed by atoms with van der Waals surface area (Å²) in [5.74, 6) is -4.60. The van der Waals surface area contributed by atoms with Gasteiger partial charge in [0.15, 0.2) is 0 Å². The maximum atomic E-state index is 13.9. The standard InChI is InChI=1S/C32H46N4O8/c1-6-11-23(27(37)29(39)34-24(31(41)42)16-20-12-8-7-9-13-20)33-28(38)26-22-15-10-14-21(22)17-36(26)30(40)25(18(2)3)35-32(43)44-19(4)5/h7-9,12-13,18-19,21-26H,6,10-11,14-17H2,1-5H3,(H,33,38)(H,34,39)(H,35,43)(H,41,42)/t21-,22-,23?,24-,25-,26?/m0/s1. The molecule has 1 aromatic carbocycles. The van der Waals surface area contributed by atoms with Gasteiger partial charge in [0.2, 0.25) is 17.6 Å². The lowest BCUT2D eigenvalue weighted by molar-refractivity contribution is -0.146. The molecule has 242 valence electrons. The van der Waals surface area contributed by atoms with E-state index in [4.69, 9.17) is 4.74 Å². The van der Waals surface area contributed by atoms with E-state index in [2.05, 4.69) is 16.0 Å². The Morgan fingerprint density at radius 3 is 2.23 bits per heavy atom. The Morgan fingerprint density at radius 1 is 0.955 bits per heavy atom. The molecule has 6 atom stereocenters. The van der Waals surface area contributed by atoms with E-state index in [9.17, 15) is 33.9 Å². The summed E-state index contributed by atoms with van der Waals surface area (Å²) in [5.41, 5.74) is 0.676. The number of nitrogens with one attached hydrogen (secondary N) is 3. The minimum Gasteiger partial charge on any atom is -0.480 e. The number of alkyl carbamates (subject to hydrolysis) is 1. The smallest absolute Gasteiger partial charge is 0.408 e. The highest BCUT2D eigenvalue weighted by molar-refractivity contribution is 6.38. The zero-order valence-electron chi connectivity index (χ0n) is 26.2. The first-order valence-corrected chi connectivity index (χ1v) is 15.5. The normalized spacial score (nSPS) is 21.2. The molecule has 0 radical (unpaired) electrons. The summed E-state index contributed by atoms with van der Waals surface area (Å²) in [5, 5.41) is 17.4. The van der Waals surface area contributed by atoms with Crippen LogP contribution in [-0.2, 0) is 35.1 Å². The van der Waals surface area contributed by atoms with Gasteiger partial charge in [0.05, 0.1) is 12.1 Å². The molecule has 2 unspecified atom stereocenters. The van der Waals surface area contributed by atoms with Gasteiger partial charge in [-0.1, -0.05) is 63.9 Å². The van der Waals surface area contributed by atoms with Crippen LogP contribution in [0.1, 0.15) is 72.3 Å². The average molecular weight is 615 g/mol. The van der Waals surface area contributed by atoms with Crippen molar-refractivity contribution in [3.05, 3.63) is 35.9 Å². The molecule has 4 amide bonds. The Bertz CT molecular complexity index is 1200. The fourth-order valence-electron chi connectivity index (χ4n) is 6.19. The van der Waals surface area contributed by atoms with Crippen molar-refractivity contribution in [2.24, 2.45) is 17.8 Å². The monoisotopic (exact) mass is 614 g/mol. The fraction of sp³-hybridized carbons (Fsp3) is 0.625. The second-order valence-corrected chi connectivity index (χ2v) is 12.4. The van der Waals surface area contributed by atoms with E-state index in [1.165, 1.54) is 4.90 Å². The third-order valence-corrected chi connectivity index (χ3v) is 8.31. The number of ketones is 1. The Hall–Kier alpha value is -3.96. The number of hydrogen-bond donors (Lipinski definition) is 4. The maximum Gasteiger partial charge on any atom is 0.408 e. The van der Waals surface area contributed by atoms with Crippen LogP contribution in [0.3, 0.4) is 0 Å². The highest BCUT2D eigenvalue weighted by Crippen LogP contribution is 2.42. The van der Waals surface area contributed by atoms with E-state index in [0.29, 0.717) is 18.5 Å². The van der Waals surface area contributed by atoms with Crippen LogP contribution in [0, 0.1) is 17.8 Å².